The number of amides is 1. The van der Waals surface area contributed by atoms with Gasteiger partial charge in [-0.05, 0) is 43.9 Å². The van der Waals surface area contributed by atoms with E-state index in [9.17, 15) is 13.2 Å². The minimum atomic E-state index is -3.48. The lowest BCUT2D eigenvalue weighted by Crippen LogP contribution is -2.32. The third-order valence-corrected chi connectivity index (χ3v) is 6.05. The number of anilines is 1. The molecule has 0 radical (unpaired) electrons. The van der Waals surface area contributed by atoms with Gasteiger partial charge in [0.2, 0.25) is 22.7 Å². The van der Waals surface area contributed by atoms with E-state index in [-0.39, 0.29) is 25.7 Å². The molecule has 0 spiro atoms. The number of benzene rings is 2. The largest absolute Gasteiger partial charge is 0.454 e. The fraction of sp³-hybridized carbons (Fsp3) is 0.409. The molecule has 1 N–H and O–H groups in total. The van der Waals surface area contributed by atoms with E-state index in [0.717, 1.165) is 19.1 Å². The molecule has 2 aromatic rings. The molecule has 0 bridgehead atoms. The Labute approximate surface area is 178 Å². The zero-order valence-electron chi connectivity index (χ0n) is 17.4. The van der Waals surface area contributed by atoms with Crippen molar-refractivity contribution in [2.75, 3.05) is 30.4 Å². The number of rotatable bonds is 10. The van der Waals surface area contributed by atoms with Gasteiger partial charge in [0.15, 0.2) is 11.5 Å². The van der Waals surface area contributed by atoms with Crippen molar-refractivity contribution in [1.82, 2.24) is 5.32 Å². The van der Waals surface area contributed by atoms with Crippen LogP contribution in [0.3, 0.4) is 0 Å². The van der Waals surface area contributed by atoms with Gasteiger partial charge in [0.05, 0.1) is 11.9 Å². The van der Waals surface area contributed by atoms with Crippen LogP contribution in [-0.4, -0.2) is 40.5 Å². The average Bonchev–Trinajstić information content (AvgIpc) is 3.15. The number of ether oxygens (including phenoxy) is 2. The lowest BCUT2D eigenvalue weighted by atomic mass is 10.1. The van der Waals surface area contributed by atoms with E-state index in [1.807, 2.05) is 6.07 Å². The highest BCUT2D eigenvalue weighted by atomic mass is 32.2. The zero-order valence-corrected chi connectivity index (χ0v) is 18.2. The quantitative estimate of drug-likeness (QED) is 0.584. The minimum Gasteiger partial charge on any atom is -0.454 e. The van der Waals surface area contributed by atoms with Crippen molar-refractivity contribution < 1.29 is 22.7 Å². The number of nitrogens with one attached hydrogen (secondary N) is 1. The summed E-state index contributed by atoms with van der Waals surface area (Å²) in [6.45, 7) is 3.01. The first-order valence-corrected chi connectivity index (χ1v) is 11.9. The highest BCUT2D eigenvalue weighted by Gasteiger charge is 2.21. The molecule has 162 valence electrons. The first kappa shape index (κ1) is 22.0. The maximum Gasteiger partial charge on any atom is 0.232 e. The third kappa shape index (κ3) is 6.13. The monoisotopic (exact) mass is 432 g/mol. The molecule has 3 rings (SSSR count). The summed E-state index contributed by atoms with van der Waals surface area (Å²) >= 11 is 0. The number of fused-ring (bicyclic) bond motifs is 1. The summed E-state index contributed by atoms with van der Waals surface area (Å²) < 4.78 is 36.4. The Morgan fingerprint density at radius 3 is 2.67 bits per heavy atom. The smallest absolute Gasteiger partial charge is 0.232 e. The first-order valence-electron chi connectivity index (χ1n) is 10.0. The van der Waals surface area contributed by atoms with Crippen molar-refractivity contribution in [3.05, 3.63) is 53.6 Å². The predicted octanol–water partition coefficient (Wildman–Crippen LogP) is 3.02. The molecule has 2 aromatic carbocycles. The second-order valence-corrected chi connectivity index (χ2v) is 9.33. The molecule has 1 heterocycles. The van der Waals surface area contributed by atoms with E-state index in [2.05, 4.69) is 30.4 Å². The van der Waals surface area contributed by atoms with Crippen LogP contribution in [0.4, 0.5) is 5.69 Å². The molecule has 0 unspecified atom stereocenters. The Balaban J connectivity index is 1.44. The SMILES string of the molecule is Cc1cccc(CCCNC(=O)CCCN(c2ccc3c(c2)OCO3)S(C)(=O)=O)c1. The van der Waals surface area contributed by atoms with Crippen molar-refractivity contribution >= 4 is 21.6 Å². The van der Waals surface area contributed by atoms with E-state index in [4.69, 9.17) is 9.47 Å². The molecule has 0 fully saturated rings. The van der Waals surface area contributed by atoms with Gasteiger partial charge in [0.1, 0.15) is 0 Å². The van der Waals surface area contributed by atoms with Crippen LogP contribution in [0.25, 0.3) is 0 Å². The standard InChI is InChI=1S/C22H28N2O5S/c1-17-6-3-7-18(14-17)8-4-12-23-22(25)9-5-13-24(30(2,26)27)19-10-11-20-21(15-19)29-16-28-20/h3,6-7,10-11,14-15H,4-5,8-9,12-13,16H2,1-2H3,(H,23,25). The molecule has 1 aliphatic heterocycles. The average molecular weight is 433 g/mol. The first-order chi connectivity index (χ1) is 14.3. The van der Waals surface area contributed by atoms with E-state index in [1.54, 1.807) is 18.2 Å². The summed E-state index contributed by atoms with van der Waals surface area (Å²) in [5.74, 6) is 1.04. The van der Waals surface area contributed by atoms with Crippen LogP contribution in [0.5, 0.6) is 11.5 Å². The molecule has 0 atom stereocenters. The van der Waals surface area contributed by atoms with Crippen molar-refractivity contribution in [1.29, 1.82) is 0 Å². The van der Waals surface area contributed by atoms with Crippen LogP contribution in [0, 0.1) is 6.92 Å². The molecule has 0 saturated heterocycles. The Hall–Kier alpha value is -2.74. The molecule has 30 heavy (non-hydrogen) atoms. The summed E-state index contributed by atoms with van der Waals surface area (Å²) in [7, 11) is -3.48. The maximum absolute atomic E-state index is 12.2. The summed E-state index contributed by atoms with van der Waals surface area (Å²) in [4.78, 5) is 12.1. The normalized spacial score (nSPS) is 12.6. The molecular formula is C22H28N2O5S. The van der Waals surface area contributed by atoms with Crippen molar-refractivity contribution in [3.8, 4) is 11.5 Å². The Morgan fingerprint density at radius 1 is 1.10 bits per heavy atom. The van der Waals surface area contributed by atoms with Gasteiger partial charge in [-0.3, -0.25) is 9.10 Å². The lowest BCUT2D eigenvalue weighted by molar-refractivity contribution is -0.121. The van der Waals surface area contributed by atoms with E-state index < -0.39 is 10.0 Å². The van der Waals surface area contributed by atoms with Gasteiger partial charge >= 0.3 is 0 Å². The Kier molecular flexibility index (Phi) is 7.20. The van der Waals surface area contributed by atoms with Crippen molar-refractivity contribution in [2.45, 2.75) is 32.6 Å². The van der Waals surface area contributed by atoms with Crippen LogP contribution >= 0.6 is 0 Å². The van der Waals surface area contributed by atoms with Crippen LogP contribution in [0.15, 0.2) is 42.5 Å². The van der Waals surface area contributed by atoms with Gasteiger partial charge < -0.3 is 14.8 Å². The number of nitrogens with zero attached hydrogens (tertiary/aromatic N) is 1. The summed E-state index contributed by atoms with van der Waals surface area (Å²) in [6.07, 6.45) is 3.62. The highest BCUT2D eigenvalue weighted by molar-refractivity contribution is 7.92. The number of hydrogen-bond acceptors (Lipinski definition) is 5. The van der Waals surface area contributed by atoms with E-state index in [1.165, 1.54) is 15.4 Å². The predicted molar refractivity (Wildman–Crippen MR) is 116 cm³/mol. The van der Waals surface area contributed by atoms with Gasteiger partial charge in [-0.2, -0.15) is 0 Å². The minimum absolute atomic E-state index is 0.0709. The molecule has 8 heteroatoms. The molecule has 0 aromatic heterocycles. The molecule has 1 aliphatic rings. The number of sulfonamides is 1. The summed E-state index contributed by atoms with van der Waals surface area (Å²) in [5, 5.41) is 2.91. The number of carbonyl (C=O) groups excluding carboxylic acids is 1. The summed E-state index contributed by atoms with van der Waals surface area (Å²) in [5.41, 5.74) is 2.99. The molecule has 1 amide bonds. The van der Waals surface area contributed by atoms with E-state index >= 15 is 0 Å². The molecule has 0 aliphatic carbocycles. The third-order valence-electron chi connectivity index (χ3n) is 4.86. The molecule has 0 saturated carbocycles. The zero-order chi connectivity index (χ0) is 21.6. The molecule has 7 nitrogen and oxygen atoms in total. The highest BCUT2D eigenvalue weighted by Crippen LogP contribution is 2.36. The second-order valence-electron chi connectivity index (χ2n) is 7.42. The van der Waals surface area contributed by atoms with Gasteiger partial charge in [-0.15, -0.1) is 0 Å². The fourth-order valence-electron chi connectivity index (χ4n) is 3.39. The number of hydrogen-bond donors (Lipinski definition) is 1. The maximum atomic E-state index is 12.2. The van der Waals surface area contributed by atoms with E-state index in [0.29, 0.717) is 30.2 Å². The van der Waals surface area contributed by atoms with Crippen molar-refractivity contribution in [3.63, 3.8) is 0 Å². The van der Waals surface area contributed by atoms with Gasteiger partial charge in [0, 0.05) is 25.6 Å². The topological polar surface area (TPSA) is 84.9 Å². The van der Waals surface area contributed by atoms with Crippen LogP contribution in [-0.2, 0) is 21.2 Å². The second kappa shape index (κ2) is 9.84. The Bertz CT molecular complexity index is 991. The van der Waals surface area contributed by atoms with Crippen LogP contribution in [0.2, 0.25) is 0 Å². The Morgan fingerprint density at radius 2 is 1.90 bits per heavy atom. The van der Waals surface area contributed by atoms with Crippen LogP contribution in [0.1, 0.15) is 30.4 Å². The van der Waals surface area contributed by atoms with Gasteiger partial charge in [-0.25, -0.2) is 8.42 Å². The lowest BCUT2D eigenvalue weighted by Gasteiger charge is -2.22. The molecular weight excluding hydrogens is 404 g/mol. The van der Waals surface area contributed by atoms with Crippen molar-refractivity contribution in [2.24, 2.45) is 0 Å². The number of carbonyl (C=O) groups is 1. The van der Waals surface area contributed by atoms with Crippen LogP contribution < -0.4 is 19.1 Å². The van der Waals surface area contributed by atoms with Gasteiger partial charge in [-0.1, -0.05) is 29.8 Å². The summed E-state index contributed by atoms with van der Waals surface area (Å²) in [6, 6.07) is 13.4. The van der Waals surface area contributed by atoms with Gasteiger partial charge in [0.25, 0.3) is 0 Å². The fourth-order valence-corrected chi connectivity index (χ4v) is 4.34. The number of aryl methyl sites for hydroxylation is 2.